The molecule has 0 radical (unpaired) electrons. The third-order valence-electron chi connectivity index (χ3n) is 4.70. The van der Waals surface area contributed by atoms with Crippen molar-refractivity contribution in [1.29, 1.82) is 0 Å². The number of rotatable bonds is 3. The van der Waals surface area contributed by atoms with E-state index < -0.39 is 0 Å². The predicted molar refractivity (Wildman–Crippen MR) is 64.3 cm³/mol. The third kappa shape index (κ3) is 1.40. The number of aromatic nitrogens is 2. The molecule has 1 atom stereocenters. The lowest BCUT2D eigenvalue weighted by atomic mass is 10.0. The zero-order valence-corrected chi connectivity index (χ0v) is 10.8. The molecule has 1 unspecified atom stereocenters. The molecule has 4 heteroatoms. The Morgan fingerprint density at radius 2 is 1.94 bits per heavy atom. The van der Waals surface area contributed by atoms with Crippen molar-refractivity contribution < 1.29 is 0 Å². The minimum Gasteiger partial charge on any atom is -0.275 e. The number of hydrazine groups is 1. The van der Waals surface area contributed by atoms with Gasteiger partial charge in [0.2, 0.25) is 0 Å². The highest BCUT2D eigenvalue weighted by Crippen LogP contribution is 2.72. The summed E-state index contributed by atoms with van der Waals surface area (Å²) in [6.45, 7) is 9.19. The van der Waals surface area contributed by atoms with Gasteiger partial charge in [-0.2, -0.15) is 5.10 Å². The molecule has 1 aromatic rings. The molecule has 1 saturated carbocycles. The van der Waals surface area contributed by atoms with E-state index in [1.807, 2.05) is 24.0 Å². The monoisotopic (exact) mass is 222 g/mol. The number of hydrogen-bond donors (Lipinski definition) is 2. The van der Waals surface area contributed by atoms with Crippen LogP contribution in [0.3, 0.4) is 0 Å². The highest BCUT2D eigenvalue weighted by molar-refractivity contribution is 5.21. The molecule has 2 rings (SSSR count). The summed E-state index contributed by atoms with van der Waals surface area (Å²) in [7, 11) is 1.93. The van der Waals surface area contributed by atoms with Gasteiger partial charge in [-0.3, -0.25) is 16.0 Å². The molecule has 0 saturated heterocycles. The van der Waals surface area contributed by atoms with Gasteiger partial charge in [-0.05, 0) is 22.8 Å². The van der Waals surface area contributed by atoms with Gasteiger partial charge >= 0.3 is 0 Å². The maximum atomic E-state index is 5.70. The first-order valence-electron chi connectivity index (χ1n) is 5.78. The van der Waals surface area contributed by atoms with E-state index in [4.69, 9.17) is 5.84 Å². The Morgan fingerprint density at radius 1 is 1.38 bits per heavy atom. The molecule has 0 spiro atoms. The summed E-state index contributed by atoms with van der Waals surface area (Å²) in [6.07, 6.45) is 1.96. The van der Waals surface area contributed by atoms with Crippen LogP contribution in [-0.2, 0) is 7.05 Å². The number of hydrogen-bond acceptors (Lipinski definition) is 3. The highest BCUT2D eigenvalue weighted by Gasteiger charge is 2.67. The second-order valence-electron chi connectivity index (χ2n) is 5.98. The summed E-state index contributed by atoms with van der Waals surface area (Å²) >= 11 is 0. The topological polar surface area (TPSA) is 55.9 Å². The minimum absolute atomic E-state index is 0.145. The SMILES string of the molecule is Cn1ccc(C(NN)C2C(C)(C)C2(C)C)n1. The van der Waals surface area contributed by atoms with Gasteiger partial charge in [-0.25, -0.2) is 0 Å². The zero-order valence-electron chi connectivity index (χ0n) is 10.8. The van der Waals surface area contributed by atoms with Crippen LogP contribution in [0.5, 0.6) is 0 Å². The van der Waals surface area contributed by atoms with Crippen molar-refractivity contribution in [3.05, 3.63) is 18.0 Å². The van der Waals surface area contributed by atoms with Crippen LogP contribution in [0, 0.1) is 16.7 Å². The van der Waals surface area contributed by atoms with Crippen LogP contribution in [0.1, 0.15) is 39.4 Å². The van der Waals surface area contributed by atoms with Crippen LogP contribution >= 0.6 is 0 Å². The fourth-order valence-electron chi connectivity index (χ4n) is 3.03. The first kappa shape index (κ1) is 11.6. The van der Waals surface area contributed by atoms with Gasteiger partial charge in [0, 0.05) is 13.2 Å². The van der Waals surface area contributed by atoms with E-state index in [9.17, 15) is 0 Å². The van der Waals surface area contributed by atoms with Crippen LogP contribution in [0.25, 0.3) is 0 Å². The summed E-state index contributed by atoms with van der Waals surface area (Å²) in [5, 5.41) is 4.45. The molecule has 0 aliphatic heterocycles. The summed E-state index contributed by atoms with van der Waals surface area (Å²) in [5.74, 6) is 6.23. The molecule has 4 nitrogen and oxygen atoms in total. The molecule has 1 heterocycles. The molecule has 1 aromatic heterocycles. The lowest BCUT2D eigenvalue weighted by molar-refractivity contribution is 0.406. The standard InChI is InChI=1S/C12H22N4/c1-11(2)10(12(11,3)4)9(14-13)8-6-7-16(5)15-8/h6-7,9-10,14H,13H2,1-5H3. The Hall–Kier alpha value is -0.870. The lowest BCUT2D eigenvalue weighted by Crippen LogP contribution is -2.31. The first-order chi connectivity index (χ1) is 7.32. The van der Waals surface area contributed by atoms with Crippen LogP contribution in [0.15, 0.2) is 12.3 Å². The van der Waals surface area contributed by atoms with Crippen LogP contribution in [-0.4, -0.2) is 9.78 Å². The van der Waals surface area contributed by atoms with Crippen LogP contribution in [0.4, 0.5) is 0 Å². The van der Waals surface area contributed by atoms with E-state index in [1.165, 1.54) is 0 Å². The fraction of sp³-hybridized carbons (Fsp3) is 0.750. The fourth-order valence-corrected chi connectivity index (χ4v) is 3.03. The van der Waals surface area contributed by atoms with Gasteiger partial charge in [0.15, 0.2) is 0 Å². The van der Waals surface area contributed by atoms with Gasteiger partial charge in [0.05, 0.1) is 11.7 Å². The second-order valence-corrected chi connectivity index (χ2v) is 5.98. The summed E-state index contributed by atoms with van der Waals surface area (Å²) < 4.78 is 1.82. The Morgan fingerprint density at radius 3 is 2.25 bits per heavy atom. The first-order valence-corrected chi connectivity index (χ1v) is 5.78. The van der Waals surface area contributed by atoms with Crippen molar-refractivity contribution >= 4 is 0 Å². The average Bonchev–Trinajstić information content (AvgIpc) is 2.55. The van der Waals surface area contributed by atoms with Crippen molar-refractivity contribution in [1.82, 2.24) is 15.2 Å². The Bertz CT molecular complexity index is 377. The molecule has 1 fully saturated rings. The highest BCUT2D eigenvalue weighted by atomic mass is 15.3. The number of nitrogens with two attached hydrogens (primary N) is 1. The zero-order chi connectivity index (χ0) is 12.1. The molecule has 0 amide bonds. The molecule has 1 aliphatic rings. The normalized spacial score (nSPS) is 24.4. The van der Waals surface area contributed by atoms with Crippen LogP contribution in [0.2, 0.25) is 0 Å². The molecule has 3 N–H and O–H groups in total. The molecular weight excluding hydrogens is 200 g/mol. The quantitative estimate of drug-likeness (QED) is 0.603. The van der Waals surface area contributed by atoms with Gasteiger partial charge < -0.3 is 0 Å². The summed E-state index contributed by atoms with van der Waals surface area (Å²) in [5.41, 5.74) is 4.58. The molecule has 1 aliphatic carbocycles. The van der Waals surface area contributed by atoms with Gasteiger partial charge in [-0.1, -0.05) is 27.7 Å². The van der Waals surface area contributed by atoms with Gasteiger partial charge in [0.1, 0.15) is 0 Å². The summed E-state index contributed by atoms with van der Waals surface area (Å²) in [4.78, 5) is 0. The molecular formula is C12H22N4. The van der Waals surface area contributed by atoms with Gasteiger partial charge in [0.25, 0.3) is 0 Å². The number of aryl methyl sites for hydroxylation is 1. The smallest absolute Gasteiger partial charge is 0.0810 e. The second kappa shape index (κ2) is 3.31. The van der Waals surface area contributed by atoms with E-state index >= 15 is 0 Å². The van der Waals surface area contributed by atoms with E-state index in [-0.39, 0.29) is 6.04 Å². The van der Waals surface area contributed by atoms with Crippen molar-refractivity contribution in [2.45, 2.75) is 33.7 Å². The van der Waals surface area contributed by atoms with Crippen LogP contribution < -0.4 is 11.3 Å². The van der Waals surface area contributed by atoms with E-state index in [0.717, 1.165) is 5.69 Å². The lowest BCUT2D eigenvalue weighted by Gasteiger charge is -2.15. The van der Waals surface area contributed by atoms with Crippen molar-refractivity contribution in [2.75, 3.05) is 0 Å². The maximum Gasteiger partial charge on any atom is 0.0810 e. The predicted octanol–water partition coefficient (Wildman–Crippen LogP) is 1.61. The van der Waals surface area contributed by atoms with Crippen molar-refractivity contribution in [3.63, 3.8) is 0 Å². The Kier molecular flexibility index (Phi) is 2.40. The van der Waals surface area contributed by atoms with E-state index in [0.29, 0.717) is 16.7 Å². The number of nitrogens with one attached hydrogen (secondary N) is 1. The average molecular weight is 222 g/mol. The molecule has 16 heavy (non-hydrogen) atoms. The van der Waals surface area contributed by atoms with E-state index in [1.54, 1.807) is 0 Å². The molecule has 90 valence electrons. The Balaban J connectivity index is 2.26. The molecule has 0 bridgehead atoms. The van der Waals surface area contributed by atoms with Crippen molar-refractivity contribution in [3.8, 4) is 0 Å². The Labute approximate surface area is 97.2 Å². The minimum atomic E-state index is 0.145. The number of nitrogens with zero attached hydrogens (tertiary/aromatic N) is 2. The van der Waals surface area contributed by atoms with E-state index in [2.05, 4.69) is 38.2 Å². The van der Waals surface area contributed by atoms with Crippen molar-refractivity contribution in [2.24, 2.45) is 29.6 Å². The summed E-state index contributed by atoms with van der Waals surface area (Å²) in [6, 6.07) is 2.18. The largest absolute Gasteiger partial charge is 0.275 e. The van der Waals surface area contributed by atoms with Gasteiger partial charge in [-0.15, -0.1) is 0 Å². The molecule has 0 aromatic carbocycles. The third-order valence-corrected chi connectivity index (χ3v) is 4.70. The maximum absolute atomic E-state index is 5.70.